The Hall–Kier alpha value is -4.87. The highest BCUT2D eigenvalue weighted by molar-refractivity contribution is 7.85. The molecule has 0 heterocycles. The minimum absolute atomic E-state index is 0.0877. The molecule has 208 valence electrons. The van der Waals surface area contributed by atoms with Crippen molar-refractivity contribution in [2.45, 2.75) is 0 Å². The van der Waals surface area contributed by atoms with Crippen molar-refractivity contribution in [3.63, 3.8) is 0 Å². The van der Waals surface area contributed by atoms with Crippen molar-refractivity contribution < 1.29 is 9.13 Å². The van der Waals surface area contributed by atoms with Crippen LogP contribution >= 0.6 is 15.6 Å². The molecule has 0 saturated carbocycles. The Morgan fingerprint density at radius 2 is 0.841 bits per heavy atom. The highest BCUT2D eigenvalue weighted by Gasteiger charge is 2.34. The van der Waals surface area contributed by atoms with Crippen molar-refractivity contribution in [3.05, 3.63) is 158 Å². The molecule has 4 heteroatoms. The lowest BCUT2D eigenvalue weighted by molar-refractivity contribution is 0.592. The van der Waals surface area contributed by atoms with Gasteiger partial charge >= 0.3 is 0 Å². The van der Waals surface area contributed by atoms with Gasteiger partial charge in [0.15, 0.2) is 15.6 Å². The maximum Gasteiger partial charge on any atom is 0.192 e. The fourth-order valence-corrected chi connectivity index (χ4v) is 9.91. The van der Waals surface area contributed by atoms with Gasteiger partial charge < -0.3 is 4.57 Å². The molecule has 0 aromatic heterocycles. The minimum atomic E-state index is -3.51. The molecule has 0 aliphatic carbocycles. The summed E-state index contributed by atoms with van der Waals surface area (Å²) in [5.41, 5.74) is 1.72. The lowest BCUT2D eigenvalue weighted by Crippen LogP contribution is -2.27. The van der Waals surface area contributed by atoms with Crippen molar-refractivity contribution in [2.75, 3.05) is 0 Å². The van der Waals surface area contributed by atoms with E-state index in [9.17, 15) is 4.57 Å². The van der Waals surface area contributed by atoms with Crippen molar-refractivity contribution >= 4 is 79.9 Å². The Morgan fingerprint density at radius 1 is 0.409 bits per heavy atom. The summed E-state index contributed by atoms with van der Waals surface area (Å²) in [6, 6.07) is 53.2. The molecule has 0 amide bonds. The monoisotopic (exact) mass is 600 g/mol. The molecule has 0 bridgehead atoms. The number of hydrogen-bond acceptors (Lipinski definition) is 2. The summed E-state index contributed by atoms with van der Waals surface area (Å²) in [5.74, 6) is 0. The first-order chi connectivity index (χ1) is 21.6. The standard InChI is InChI=1S/C40H26O2P2/c41-43-37-23-19-29-11-5-7-15-35(29)39(37)40-36-16-8-6-12-30(36)20-24-38(40)44(42,33-21-17-27-9-1-3-13-31(27)25-33)34-22-18-28-10-2-4-14-32(28)26-34/h1-26H. The highest BCUT2D eigenvalue weighted by Crippen LogP contribution is 2.48. The normalized spacial score (nSPS) is 12.0. The summed E-state index contributed by atoms with van der Waals surface area (Å²) < 4.78 is 29.2. The fourth-order valence-electron chi connectivity index (χ4n) is 6.56. The Balaban J connectivity index is 1.55. The Kier molecular flexibility index (Phi) is 6.49. The van der Waals surface area contributed by atoms with Crippen LogP contribution in [0.4, 0.5) is 0 Å². The van der Waals surface area contributed by atoms with Crippen LogP contribution < -0.4 is 21.2 Å². The third kappa shape index (κ3) is 4.22. The lowest BCUT2D eigenvalue weighted by Gasteiger charge is -2.26. The van der Waals surface area contributed by atoms with Crippen LogP contribution in [0.5, 0.6) is 0 Å². The van der Waals surface area contributed by atoms with Gasteiger partial charge in [0, 0.05) is 27.0 Å². The van der Waals surface area contributed by atoms with Crippen LogP contribution in [-0.2, 0) is 9.13 Å². The first-order valence-corrected chi connectivity index (χ1v) is 17.1. The van der Waals surface area contributed by atoms with Crippen molar-refractivity contribution in [1.29, 1.82) is 0 Å². The summed E-state index contributed by atoms with van der Waals surface area (Å²) in [6.07, 6.45) is 0. The molecular weight excluding hydrogens is 574 g/mol. The van der Waals surface area contributed by atoms with Gasteiger partial charge in [0.1, 0.15) is 0 Å². The van der Waals surface area contributed by atoms with Gasteiger partial charge in [0.25, 0.3) is 0 Å². The fraction of sp³-hybridized carbons (Fsp3) is 0. The average Bonchev–Trinajstić information content (AvgIpc) is 3.10. The zero-order chi connectivity index (χ0) is 29.7. The molecule has 0 unspecified atom stereocenters. The SMILES string of the molecule is O=Pc1ccc2ccccc2c1-c1c(P(=O)(c2ccc3ccccc3c2)c2ccc3ccccc3c2)ccc2ccccc12. The smallest absolute Gasteiger partial charge is 0.192 e. The summed E-state index contributed by atoms with van der Waals surface area (Å²) in [7, 11) is -3.59. The Bertz CT molecular complexity index is 2380. The summed E-state index contributed by atoms with van der Waals surface area (Å²) >= 11 is 0. The second kappa shape index (κ2) is 10.7. The molecule has 0 radical (unpaired) electrons. The quantitative estimate of drug-likeness (QED) is 0.184. The van der Waals surface area contributed by atoms with E-state index in [0.29, 0.717) is 5.30 Å². The van der Waals surface area contributed by atoms with E-state index in [0.717, 1.165) is 70.1 Å². The first kappa shape index (κ1) is 26.7. The number of benzene rings is 8. The van der Waals surface area contributed by atoms with E-state index in [4.69, 9.17) is 0 Å². The van der Waals surface area contributed by atoms with Crippen LogP contribution in [0.25, 0.3) is 54.2 Å². The molecule has 0 spiro atoms. The highest BCUT2D eigenvalue weighted by atomic mass is 31.2. The molecule has 2 nitrogen and oxygen atoms in total. The van der Waals surface area contributed by atoms with E-state index >= 15 is 4.57 Å². The van der Waals surface area contributed by atoms with Crippen molar-refractivity contribution in [2.24, 2.45) is 0 Å². The summed E-state index contributed by atoms with van der Waals surface area (Å²) in [4.78, 5) is 0. The third-order valence-corrected chi connectivity index (χ3v) is 12.3. The van der Waals surface area contributed by atoms with Crippen molar-refractivity contribution in [1.82, 2.24) is 0 Å². The Labute approximate surface area is 257 Å². The van der Waals surface area contributed by atoms with Crippen LogP contribution in [0.15, 0.2) is 158 Å². The Morgan fingerprint density at radius 3 is 1.39 bits per heavy atom. The van der Waals surface area contributed by atoms with Crippen LogP contribution in [0.2, 0.25) is 0 Å². The second-order valence-electron chi connectivity index (χ2n) is 11.1. The van der Waals surface area contributed by atoms with Gasteiger partial charge in [-0.05, 0) is 67.4 Å². The van der Waals surface area contributed by atoms with E-state index in [1.165, 1.54) is 0 Å². The van der Waals surface area contributed by atoms with Gasteiger partial charge in [-0.2, -0.15) is 0 Å². The largest absolute Gasteiger partial charge is 0.309 e. The van der Waals surface area contributed by atoms with E-state index in [1.54, 1.807) is 0 Å². The maximum atomic E-state index is 16.4. The first-order valence-electron chi connectivity index (χ1n) is 14.6. The van der Waals surface area contributed by atoms with Gasteiger partial charge in [-0.15, -0.1) is 0 Å². The molecule has 0 N–H and O–H groups in total. The predicted octanol–water partition coefficient (Wildman–Crippen LogP) is 9.52. The molecular formula is C40H26O2P2. The lowest BCUT2D eigenvalue weighted by atomic mass is 9.93. The average molecular weight is 601 g/mol. The van der Waals surface area contributed by atoms with Crippen LogP contribution in [0.3, 0.4) is 0 Å². The van der Waals surface area contributed by atoms with Gasteiger partial charge in [-0.1, -0.05) is 133 Å². The minimum Gasteiger partial charge on any atom is -0.309 e. The van der Waals surface area contributed by atoms with Crippen molar-refractivity contribution in [3.8, 4) is 11.1 Å². The van der Waals surface area contributed by atoms with E-state index in [2.05, 4.69) is 78.9 Å². The molecule has 0 aliphatic rings. The van der Waals surface area contributed by atoms with Crippen LogP contribution in [-0.4, -0.2) is 0 Å². The maximum absolute atomic E-state index is 16.4. The van der Waals surface area contributed by atoms with Crippen LogP contribution in [0.1, 0.15) is 0 Å². The van der Waals surface area contributed by atoms with Crippen LogP contribution in [0, 0.1) is 0 Å². The molecule has 0 saturated heterocycles. The zero-order valence-corrected chi connectivity index (χ0v) is 25.5. The van der Waals surface area contributed by atoms with E-state index < -0.39 is 7.14 Å². The number of hydrogen-bond donors (Lipinski definition) is 0. The van der Waals surface area contributed by atoms with Gasteiger partial charge in [0.2, 0.25) is 0 Å². The zero-order valence-electron chi connectivity index (χ0n) is 23.7. The van der Waals surface area contributed by atoms with E-state index in [-0.39, 0.29) is 8.46 Å². The molecule has 8 aromatic carbocycles. The molecule has 8 rings (SSSR count). The topological polar surface area (TPSA) is 34.1 Å². The molecule has 8 aromatic rings. The predicted molar refractivity (Wildman–Crippen MR) is 189 cm³/mol. The van der Waals surface area contributed by atoms with Gasteiger partial charge in [0.05, 0.1) is 5.30 Å². The van der Waals surface area contributed by atoms with Gasteiger partial charge in [-0.25, -0.2) is 0 Å². The molecule has 0 atom stereocenters. The summed E-state index contributed by atoms with van der Waals surface area (Å²) in [6.45, 7) is 0. The number of rotatable bonds is 5. The molecule has 44 heavy (non-hydrogen) atoms. The summed E-state index contributed by atoms with van der Waals surface area (Å²) in [5, 5.41) is 11.3. The molecule has 0 aliphatic heterocycles. The van der Waals surface area contributed by atoms with E-state index in [1.807, 2.05) is 78.9 Å². The molecule has 0 fully saturated rings. The second-order valence-corrected chi connectivity index (χ2v) is 14.5. The third-order valence-electron chi connectivity index (χ3n) is 8.69. The number of fused-ring (bicyclic) bond motifs is 4. The van der Waals surface area contributed by atoms with Gasteiger partial charge in [-0.3, -0.25) is 4.57 Å².